The highest BCUT2D eigenvalue weighted by atomic mass is 16.6. The van der Waals surface area contributed by atoms with Gasteiger partial charge in [0.15, 0.2) is 6.10 Å². The van der Waals surface area contributed by atoms with Crippen molar-refractivity contribution in [2.24, 2.45) is 0 Å². The molecule has 6 nitrogen and oxygen atoms in total. The first-order valence-corrected chi connectivity index (χ1v) is 29.1. The fourth-order valence-corrected chi connectivity index (χ4v) is 7.14. The summed E-state index contributed by atoms with van der Waals surface area (Å²) in [4.78, 5) is 38.1. The Balaban J connectivity index is 4.43. The number of hydrogen-bond acceptors (Lipinski definition) is 6. The lowest BCUT2D eigenvalue weighted by Crippen LogP contribution is -2.30. The number of esters is 3. The van der Waals surface area contributed by atoms with Gasteiger partial charge in [-0.05, 0) is 141 Å². The zero-order valence-corrected chi connectivity index (χ0v) is 47.0. The maximum atomic E-state index is 12.8. The quantitative estimate of drug-likeness (QED) is 0.0261. The predicted octanol–water partition coefficient (Wildman–Crippen LogP) is 19.9. The minimum atomic E-state index is -0.830. The molecular weight excluding hydrogens is 913 g/mol. The van der Waals surface area contributed by atoms with Crippen LogP contribution in [0.3, 0.4) is 0 Å². The third-order valence-electron chi connectivity index (χ3n) is 11.4. The maximum absolute atomic E-state index is 12.8. The van der Waals surface area contributed by atoms with Gasteiger partial charge < -0.3 is 14.2 Å². The third kappa shape index (κ3) is 57.7. The average Bonchev–Trinajstić information content (AvgIpc) is 3.40. The summed E-state index contributed by atoms with van der Waals surface area (Å²) in [6, 6.07) is 0. The fraction of sp³-hybridized carbons (Fsp3) is 0.544. The van der Waals surface area contributed by atoms with Gasteiger partial charge in [-0.1, -0.05) is 229 Å². The molecule has 0 saturated carbocycles. The first-order valence-electron chi connectivity index (χ1n) is 29.1. The summed E-state index contributed by atoms with van der Waals surface area (Å²) in [5.74, 6) is -1.03. The summed E-state index contributed by atoms with van der Waals surface area (Å²) < 4.78 is 16.7. The van der Waals surface area contributed by atoms with Gasteiger partial charge in [0, 0.05) is 19.3 Å². The van der Waals surface area contributed by atoms with E-state index < -0.39 is 6.10 Å². The second-order valence-corrected chi connectivity index (χ2v) is 18.4. The molecule has 0 radical (unpaired) electrons. The van der Waals surface area contributed by atoms with Gasteiger partial charge in [0.05, 0.1) is 0 Å². The Kier molecular flexibility index (Phi) is 56.1. The predicted molar refractivity (Wildman–Crippen MR) is 320 cm³/mol. The number of rotatable bonds is 50. The smallest absolute Gasteiger partial charge is 0.306 e. The van der Waals surface area contributed by atoms with E-state index in [2.05, 4.69) is 191 Å². The first kappa shape index (κ1) is 68.8. The largest absolute Gasteiger partial charge is 0.462 e. The number of ether oxygens (including phenoxy) is 3. The highest BCUT2D eigenvalue weighted by molar-refractivity contribution is 5.71. The standard InChI is InChI=1S/C68H104O6/c1-4-7-10-13-16-19-22-24-26-28-29-30-31-32-33-34-35-36-37-38-39-41-42-44-46-49-52-55-58-61-67(70)73-64-65(63-72-66(69)60-57-54-51-48-21-18-15-12-9-6-3)74-68(71)62-59-56-53-50-47-45-43-40-27-25-23-20-17-14-11-8-5-2/h7-8,10-12,15-17,19-20,24-27,29-30,32-33,35-36,38-39,42-45,50,53,65H,4-6,9,13-14,18,21-23,28,31,34,37,40-41,46-49,51-52,54-64H2,1-3H3/b10-7-,11-8-,15-12-,19-16-,20-17-,26-24-,27-25-,30-29-,33-32-,36-35-,39-38-,44-42-,45-43-,53-50-. The topological polar surface area (TPSA) is 78.9 Å². The number of carbonyl (C=O) groups excluding carboxylic acids is 3. The summed E-state index contributed by atoms with van der Waals surface area (Å²) in [5, 5.41) is 0. The molecule has 0 aromatic rings. The van der Waals surface area contributed by atoms with Crippen LogP contribution < -0.4 is 0 Å². The summed E-state index contributed by atoms with van der Waals surface area (Å²) in [6.45, 7) is 6.25. The lowest BCUT2D eigenvalue weighted by molar-refractivity contribution is -0.167. The van der Waals surface area contributed by atoms with Crippen LogP contribution in [-0.2, 0) is 28.6 Å². The van der Waals surface area contributed by atoms with Crippen molar-refractivity contribution in [3.05, 3.63) is 170 Å². The van der Waals surface area contributed by atoms with Crippen molar-refractivity contribution >= 4 is 17.9 Å². The van der Waals surface area contributed by atoms with Gasteiger partial charge in [-0.3, -0.25) is 14.4 Å². The SMILES string of the molecule is CC/C=C\C/C=C\C/C=C\C/C=C\C/C=C\C/C=C\C/C=C\C/C=C\CCCCCCC(=O)OCC(COC(=O)CCCCCCC/C=C\CCC)OC(=O)CCC/C=C\C/C=C\C/C=C\C/C=C\C/C=C\CC. The Morgan fingerprint density at radius 3 is 0.878 bits per heavy atom. The van der Waals surface area contributed by atoms with Gasteiger partial charge in [-0.2, -0.15) is 0 Å². The van der Waals surface area contributed by atoms with Crippen LogP contribution in [0.5, 0.6) is 0 Å². The molecule has 1 unspecified atom stereocenters. The van der Waals surface area contributed by atoms with E-state index in [0.717, 1.165) is 161 Å². The van der Waals surface area contributed by atoms with Crippen molar-refractivity contribution in [2.75, 3.05) is 13.2 Å². The molecule has 0 aromatic heterocycles. The summed E-state index contributed by atoms with van der Waals surface area (Å²) >= 11 is 0. The van der Waals surface area contributed by atoms with E-state index in [1.807, 2.05) is 0 Å². The van der Waals surface area contributed by atoms with Gasteiger partial charge in [0.2, 0.25) is 0 Å². The molecule has 6 heteroatoms. The van der Waals surface area contributed by atoms with E-state index in [1.165, 1.54) is 12.8 Å². The van der Waals surface area contributed by atoms with Gasteiger partial charge in [-0.15, -0.1) is 0 Å². The molecule has 0 aliphatic rings. The molecular formula is C68H104O6. The monoisotopic (exact) mass is 1020 g/mol. The first-order chi connectivity index (χ1) is 36.5. The second-order valence-electron chi connectivity index (χ2n) is 18.4. The van der Waals surface area contributed by atoms with Crippen LogP contribution in [0.4, 0.5) is 0 Å². The van der Waals surface area contributed by atoms with Crippen molar-refractivity contribution in [3.63, 3.8) is 0 Å². The zero-order valence-electron chi connectivity index (χ0n) is 47.0. The van der Waals surface area contributed by atoms with Crippen molar-refractivity contribution in [2.45, 2.75) is 226 Å². The zero-order chi connectivity index (χ0) is 53.6. The molecule has 0 aliphatic carbocycles. The number of unbranched alkanes of at least 4 members (excludes halogenated alkanes) is 11. The van der Waals surface area contributed by atoms with Crippen molar-refractivity contribution in [1.82, 2.24) is 0 Å². The average molecular weight is 1020 g/mol. The molecule has 0 amide bonds. The van der Waals surface area contributed by atoms with E-state index >= 15 is 0 Å². The normalized spacial score (nSPS) is 13.4. The highest BCUT2D eigenvalue weighted by Crippen LogP contribution is 2.12. The molecule has 0 fully saturated rings. The van der Waals surface area contributed by atoms with Crippen LogP contribution in [0, 0.1) is 0 Å². The minimum absolute atomic E-state index is 0.122. The van der Waals surface area contributed by atoms with E-state index in [-0.39, 0.29) is 37.5 Å². The Bertz CT molecular complexity index is 1740. The molecule has 1 atom stereocenters. The van der Waals surface area contributed by atoms with Gasteiger partial charge in [0.1, 0.15) is 13.2 Å². The van der Waals surface area contributed by atoms with E-state index in [1.54, 1.807) is 0 Å². The van der Waals surface area contributed by atoms with E-state index in [4.69, 9.17) is 14.2 Å². The van der Waals surface area contributed by atoms with Crippen LogP contribution in [0.25, 0.3) is 0 Å². The van der Waals surface area contributed by atoms with Crippen molar-refractivity contribution in [3.8, 4) is 0 Å². The molecule has 0 rings (SSSR count). The fourth-order valence-electron chi connectivity index (χ4n) is 7.14. The third-order valence-corrected chi connectivity index (χ3v) is 11.4. The van der Waals surface area contributed by atoms with Crippen LogP contribution in [-0.4, -0.2) is 37.2 Å². The van der Waals surface area contributed by atoms with Crippen LogP contribution in [0.2, 0.25) is 0 Å². The molecule has 0 N–H and O–H groups in total. The number of hydrogen-bond donors (Lipinski definition) is 0. The highest BCUT2D eigenvalue weighted by Gasteiger charge is 2.19. The van der Waals surface area contributed by atoms with Crippen LogP contribution in [0.15, 0.2) is 170 Å². The van der Waals surface area contributed by atoms with E-state index in [0.29, 0.717) is 19.3 Å². The Morgan fingerprint density at radius 1 is 0.284 bits per heavy atom. The number of allylic oxidation sites excluding steroid dienone is 28. The van der Waals surface area contributed by atoms with Crippen molar-refractivity contribution < 1.29 is 28.6 Å². The molecule has 0 saturated heterocycles. The van der Waals surface area contributed by atoms with Crippen LogP contribution >= 0.6 is 0 Å². The molecule has 0 aliphatic heterocycles. The molecule has 0 aromatic carbocycles. The summed E-state index contributed by atoms with van der Waals surface area (Å²) in [6.07, 6.45) is 89.3. The van der Waals surface area contributed by atoms with Gasteiger partial charge in [0.25, 0.3) is 0 Å². The molecule has 0 bridgehead atoms. The minimum Gasteiger partial charge on any atom is -0.462 e. The Labute approximate surface area is 453 Å². The lowest BCUT2D eigenvalue weighted by Gasteiger charge is -2.18. The molecule has 0 spiro atoms. The maximum Gasteiger partial charge on any atom is 0.306 e. The summed E-state index contributed by atoms with van der Waals surface area (Å²) in [7, 11) is 0. The Morgan fingerprint density at radius 2 is 0.541 bits per heavy atom. The lowest BCUT2D eigenvalue weighted by atomic mass is 10.1. The number of carbonyl (C=O) groups is 3. The van der Waals surface area contributed by atoms with Crippen LogP contribution in [0.1, 0.15) is 220 Å². The molecule has 0 heterocycles. The molecule has 412 valence electrons. The summed E-state index contributed by atoms with van der Waals surface area (Å²) in [5.41, 5.74) is 0. The van der Waals surface area contributed by atoms with Gasteiger partial charge >= 0.3 is 17.9 Å². The van der Waals surface area contributed by atoms with Crippen molar-refractivity contribution in [1.29, 1.82) is 0 Å². The Hall–Kier alpha value is -5.23. The second kappa shape index (κ2) is 60.3. The van der Waals surface area contributed by atoms with E-state index in [9.17, 15) is 14.4 Å². The molecule has 74 heavy (non-hydrogen) atoms. The van der Waals surface area contributed by atoms with Gasteiger partial charge in [-0.25, -0.2) is 0 Å².